The molecule has 1 aliphatic rings. The molecule has 0 saturated heterocycles. The molecule has 1 aliphatic heterocycles. The quantitative estimate of drug-likeness (QED) is 0.744. The van der Waals surface area contributed by atoms with Crippen LogP contribution in [0.15, 0.2) is 24.3 Å². The second-order valence-corrected chi connectivity index (χ2v) is 6.10. The van der Waals surface area contributed by atoms with Crippen LogP contribution in [0.25, 0.3) is 0 Å². The lowest BCUT2D eigenvalue weighted by atomic mass is 10.1. The van der Waals surface area contributed by atoms with Crippen LogP contribution in [0.1, 0.15) is 41.2 Å². The van der Waals surface area contributed by atoms with Crippen molar-refractivity contribution in [2.75, 3.05) is 18.4 Å². The van der Waals surface area contributed by atoms with Gasteiger partial charge in [-0.25, -0.2) is 0 Å². The fraction of sp³-hybridized carbons (Fsp3) is 0.389. The van der Waals surface area contributed by atoms with E-state index in [9.17, 15) is 9.59 Å². The zero-order chi connectivity index (χ0) is 17.8. The Labute approximate surface area is 159 Å². The van der Waals surface area contributed by atoms with Gasteiger partial charge in [0.2, 0.25) is 5.91 Å². The molecule has 0 unspecified atom stereocenters. The zero-order valence-electron chi connectivity index (χ0n) is 15.0. The van der Waals surface area contributed by atoms with Gasteiger partial charge in [-0.15, -0.1) is 12.4 Å². The van der Waals surface area contributed by atoms with E-state index in [4.69, 9.17) is 0 Å². The number of amides is 2. The van der Waals surface area contributed by atoms with Gasteiger partial charge in [0.25, 0.3) is 5.91 Å². The van der Waals surface area contributed by atoms with Gasteiger partial charge in [-0.2, -0.15) is 5.10 Å². The Kier molecular flexibility index (Phi) is 6.76. The van der Waals surface area contributed by atoms with Crippen molar-refractivity contribution in [3.05, 3.63) is 46.8 Å². The highest BCUT2D eigenvalue weighted by Gasteiger charge is 2.22. The summed E-state index contributed by atoms with van der Waals surface area (Å²) in [6.45, 7) is 6.10. The summed E-state index contributed by atoms with van der Waals surface area (Å²) < 4.78 is 0. The van der Waals surface area contributed by atoms with Crippen LogP contribution in [0.2, 0.25) is 0 Å². The van der Waals surface area contributed by atoms with Gasteiger partial charge in [0.15, 0.2) is 5.69 Å². The van der Waals surface area contributed by atoms with Gasteiger partial charge in [0, 0.05) is 56.5 Å². The van der Waals surface area contributed by atoms with Gasteiger partial charge >= 0.3 is 0 Å². The first-order chi connectivity index (χ1) is 12.1. The maximum Gasteiger partial charge on any atom is 0.276 e. The largest absolute Gasteiger partial charge is 0.339 e. The molecule has 0 radical (unpaired) electrons. The third kappa shape index (κ3) is 4.23. The molecule has 3 rings (SSSR count). The molecule has 0 fully saturated rings. The van der Waals surface area contributed by atoms with Crippen molar-refractivity contribution in [2.24, 2.45) is 0 Å². The van der Waals surface area contributed by atoms with Gasteiger partial charge in [-0.3, -0.25) is 14.7 Å². The number of nitrogens with one attached hydrogen (secondary N) is 3. The highest BCUT2D eigenvalue weighted by Crippen LogP contribution is 2.20. The van der Waals surface area contributed by atoms with Crippen LogP contribution in [-0.4, -0.2) is 40.0 Å². The number of rotatable bonds is 5. The molecule has 0 saturated carbocycles. The van der Waals surface area contributed by atoms with E-state index in [0.717, 1.165) is 29.8 Å². The number of carbonyl (C=O) groups excluding carboxylic acids is 2. The molecule has 3 N–H and O–H groups in total. The van der Waals surface area contributed by atoms with Crippen molar-refractivity contribution in [2.45, 2.75) is 33.4 Å². The first kappa shape index (κ1) is 19.9. The number of H-pyrrole nitrogens is 1. The lowest BCUT2D eigenvalue weighted by Gasteiger charge is -2.21. The number of halogens is 1. The van der Waals surface area contributed by atoms with Crippen molar-refractivity contribution < 1.29 is 9.59 Å². The Hall–Kier alpha value is -2.38. The topological polar surface area (TPSA) is 90.1 Å². The number of anilines is 1. The van der Waals surface area contributed by atoms with Gasteiger partial charge in [-0.05, 0) is 18.6 Å². The van der Waals surface area contributed by atoms with Crippen LogP contribution >= 0.6 is 12.4 Å². The van der Waals surface area contributed by atoms with Gasteiger partial charge in [0.05, 0.1) is 0 Å². The monoisotopic (exact) mass is 377 g/mol. The Morgan fingerprint density at radius 1 is 1.31 bits per heavy atom. The van der Waals surface area contributed by atoms with Crippen LogP contribution < -0.4 is 10.6 Å². The lowest BCUT2D eigenvalue weighted by Crippen LogP contribution is -2.28. The smallest absolute Gasteiger partial charge is 0.276 e. The Balaban J connectivity index is 0.00000243. The highest BCUT2D eigenvalue weighted by molar-refractivity contribution is 6.04. The molecule has 140 valence electrons. The Bertz CT molecular complexity index is 790. The molecule has 0 spiro atoms. The van der Waals surface area contributed by atoms with E-state index in [1.54, 1.807) is 11.8 Å². The average Bonchev–Trinajstić information content (AvgIpc) is 3.04. The van der Waals surface area contributed by atoms with Crippen LogP contribution in [-0.2, 0) is 24.3 Å². The first-order valence-corrected chi connectivity index (χ1v) is 8.51. The van der Waals surface area contributed by atoms with E-state index >= 15 is 0 Å². The highest BCUT2D eigenvalue weighted by atomic mass is 35.5. The summed E-state index contributed by atoms with van der Waals surface area (Å²) in [6, 6.07) is 7.53. The van der Waals surface area contributed by atoms with Crippen LogP contribution in [0.5, 0.6) is 0 Å². The van der Waals surface area contributed by atoms with Crippen molar-refractivity contribution in [3.8, 4) is 0 Å². The molecule has 1 aromatic carbocycles. The number of aromatic nitrogens is 2. The van der Waals surface area contributed by atoms with E-state index < -0.39 is 0 Å². The first-order valence-electron chi connectivity index (χ1n) is 8.51. The third-order valence-corrected chi connectivity index (χ3v) is 4.48. The summed E-state index contributed by atoms with van der Waals surface area (Å²) >= 11 is 0. The Morgan fingerprint density at radius 3 is 2.81 bits per heavy atom. The van der Waals surface area contributed by atoms with E-state index in [2.05, 4.69) is 20.8 Å². The fourth-order valence-electron chi connectivity index (χ4n) is 3.03. The summed E-state index contributed by atoms with van der Waals surface area (Å²) in [5.41, 5.74) is 3.98. The number of aromatic amines is 1. The maximum atomic E-state index is 12.7. The molecule has 2 aromatic rings. The molecule has 0 aliphatic carbocycles. The number of hydrogen-bond acceptors (Lipinski definition) is 4. The molecular formula is C18H24ClN5O2. The molecule has 0 bridgehead atoms. The third-order valence-electron chi connectivity index (χ3n) is 4.48. The van der Waals surface area contributed by atoms with Crippen LogP contribution in [0.4, 0.5) is 5.69 Å². The van der Waals surface area contributed by atoms with Crippen molar-refractivity contribution in [1.82, 2.24) is 20.4 Å². The number of benzene rings is 1. The minimum atomic E-state index is -0.237. The van der Waals surface area contributed by atoms with Crippen LogP contribution in [0.3, 0.4) is 0 Å². The van der Waals surface area contributed by atoms with E-state index in [-0.39, 0.29) is 24.2 Å². The van der Waals surface area contributed by atoms with E-state index in [0.29, 0.717) is 31.0 Å². The molecule has 26 heavy (non-hydrogen) atoms. The summed E-state index contributed by atoms with van der Waals surface area (Å²) in [7, 11) is 0. The maximum absolute atomic E-state index is 12.7. The Morgan fingerprint density at radius 2 is 2.08 bits per heavy atom. The van der Waals surface area contributed by atoms with Gasteiger partial charge < -0.3 is 15.5 Å². The standard InChI is InChI=1S/C18H23N5O2.ClH/c1-3-23(12(2)24)11-13-6-4-5-7-15(13)20-18(25)17-14-10-19-9-8-16(14)21-22-17;/h4-7,19H,3,8-11H2,1-2H3,(H,20,25)(H,21,22);1H. The van der Waals surface area contributed by atoms with Crippen molar-refractivity contribution in [1.29, 1.82) is 0 Å². The molecule has 1 aromatic heterocycles. The summed E-state index contributed by atoms with van der Waals surface area (Å²) in [5.74, 6) is -0.226. The van der Waals surface area contributed by atoms with Gasteiger partial charge in [0.1, 0.15) is 0 Å². The fourth-order valence-corrected chi connectivity index (χ4v) is 3.03. The average molecular weight is 378 g/mol. The molecule has 2 amide bonds. The lowest BCUT2D eigenvalue weighted by molar-refractivity contribution is -0.129. The number of carbonyl (C=O) groups is 2. The molecule has 2 heterocycles. The molecular weight excluding hydrogens is 354 g/mol. The zero-order valence-corrected chi connectivity index (χ0v) is 15.8. The summed E-state index contributed by atoms with van der Waals surface area (Å²) in [4.78, 5) is 26.1. The summed E-state index contributed by atoms with van der Waals surface area (Å²) in [6.07, 6.45) is 0.844. The minimum absolute atomic E-state index is 0. The molecule has 7 nitrogen and oxygen atoms in total. The number of para-hydroxylation sites is 1. The SMILES string of the molecule is CCN(Cc1ccccc1NC(=O)c1n[nH]c2c1CNCC2)C(C)=O.Cl. The number of hydrogen-bond donors (Lipinski definition) is 3. The van der Waals surface area contributed by atoms with Crippen LogP contribution in [0, 0.1) is 0 Å². The summed E-state index contributed by atoms with van der Waals surface area (Å²) in [5, 5.41) is 13.4. The van der Waals surface area contributed by atoms with E-state index in [1.807, 2.05) is 31.2 Å². The van der Waals surface area contributed by atoms with Crippen molar-refractivity contribution >= 4 is 29.9 Å². The molecule has 0 atom stereocenters. The predicted molar refractivity (Wildman–Crippen MR) is 102 cm³/mol. The second kappa shape index (κ2) is 8.82. The van der Waals surface area contributed by atoms with Gasteiger partial charge in [-0.1, -0.05) is 18.2 Å². The van der Waals surface area contributed by atoms with E-state index in [1.165, 1.54) is 0 Å². The second-order valence-electron chi connectivity index (χ2n) is 6.10. The normalized spacial score (nSPS) is 12.7. The molecule has 8 heteroatoms. The minimum Gasteiger partial charge on any atom is -0.339 e. The number of fused-ring (bicyclic) bond motifs is 1. The predicted octanol–water partition coefficient (Wildman–Crippen LogP) is 2.10. The van der Waals surface area contributed by atoms with Crippen molar-refractivity contribution in [3.63, 3.8) is 0 Å². The number of nitrogens with zero attached hydrogens (tertiary/aromatic N) is 2.